The van der Waals surface area contributed by atoms with E-state index in [1.54, 1.807) is 0 Å². The minimum absolute atomic E-state index is 0.411. The zero-order valence-electron chi connectivity index (χ0n) is 10.5. The Kier molecular flexibility index (Phi) is 4.06. The van der Waals surface area contributed by atoms with Gasteiger partial charge in [0.05, 0.1) is 5.25 Å². The Labute approximate surface area is 122 Å². The molecule has 1 aromatic rings. The number of hydrogen-bond donors (Lipinski definition) is 0. The highest BCUT2D eigenvalue weighted by atomic mass is 35.5. The van der Waals surface area contributed by atoms with Crippen molar-refractivity contribution in [3.05, 3.63) is 22.2 Å². The largest absolute Gasteiger partial charge is 0.236 e. The number of thioether (sulfide) groups is 2. The molecule has 2 unspecified atom stereocenters. The van der Waals surface area contributed by atoms with Gasteiger partial charge >= 0.3 is 0 Å². The van der Waals surface area contributed by atoms with E-state index in [0.717, 1.165) is 18.7 Å². The summed E-state index contributed by atoms with van der Waals surface area (Å²) in [6, 6.07) is 0. The molecule has 0 saturated carbocycles. The van der Waals surface area contributed by atoms with Crippen LogP contribution < -0.4 is 0 Å². The van der Waals surface area contributed by atoms with Gasteiger partial charge in [0.2, 0.25) is 0 Å². The molecule has 0 bridgehead atoms. The first-order chi connectivity index (χ1) is 8.75. The molecule has 18 heavy (non-hydrogen) atoms. The second-order valence-electron chi connectivity index (χ2n) is 4.87. The van der Waals surface area contributed by atoms with Crippen LogP contribution in [0.3, 0.4) is 0 Å². The summed E-state index contributed by atoms with van der Waals surface area (Å²) >= 11 is 10.3. The second kappa shape index (κ2) is 5.59. The summed E-state index contributed by atoms with van der Waals surface area (Å²) in [7, 11) is 0. The highest BCUT2D eigenvalue weighted by Crippen LogP contribution is 2.42. The Morgan fingerprint density at radius 2 is 1.89 bits per heavy atom. The van der Waals surface area contributed by atoms with Crippen molar-refractivity contribution in [1.29, 1.82) is 0 Å². The van der Waals surface area contributed by atoms with Crippen LogP contribution in [0.25, 0.3) is 0 Å². The van der Waals surface area contributed by atoms with Crippen LogP contribution in [0, 0.1) is 0 Å². The maximum Gasteiger partial charge on any atom is 0.144 e. The Morgan fingerprint density at radius 3 is 2.72 bits per heavy atom. The summed E-state index contributed by atoms with van der Waals surface area (Å²) in [4.78, 5) is 9.40. The quantitative estimate of drug-likeness (QED) is 0.734. The SMILES string of the molecule is CC1SCCSC1c1nc(Cl)c2c(n1)CCCC2. The molecular formula is C13H17ClN2S2. The molecular weight excluding hydrogens is 284 g/mol. The lowest BCUT2D eigenvalue weighted by Gasteiger charge is -2.27. The molecule has 1 aliphatic carbocycles. The lowest BCUT2D eigenvalue weighted by Crippen LogP contribution is -2.20. The summed E-state index contributed by atoms with van der Waals surface area (Å²) in [5, 5.41) is 1.70. The third kappa shape index (κ3) is 2.52. The van der Waals surface area contributed by atoms with Gasteiger partial charge in [-0.15, -0.1) is 11.8 Å². The zero-order valence-corrected chi connectivity index (χ0v) is 12.9. The van der Waals surface area contributed by atoms with Crippen molar-refractivity contribution in [1.82, 2.24) is 9.97 Å². The Balaban J connectivity index is 1.94. The average Bonchev–Trinajstić information content (AvgIpc) is 2.39. The van der Waals surface area contributed by atoms with Crippen LogP contribution in [0.4, 0.5) is 0 Å². The van der Waals surface area contributed by atoms with Crippen molar-refractivity contribution in [2.24, 2.45) is 0 Å². The summed E-state index contributed by atoms with van der Waals surface area (Å²) in [5.74, 6) is 3.39. The van der Waals surface area contributed by atoms with Gasteiger partial charge in [0.25, 0.3) is 0 Å². The molecule has 1 fully saturated rings. The predicted molar refractivity (Wildman–Crippen MR) is 80.8 cm³/mol. The van der Waals surface area contributed by atoms with Gasteiger partial charge in [0.15, 0.2) is 0 Å². The van der Waals surface area contributed by atoms with E-state index in [4.69, 9.17) is 16.6 Å². The topological polar surface area (TPSA) is 25.8 Å². The van der Waals surface area contributed by atoms with Crippen molar-refractivity contribution >= 4 is 35.1 Å². The molecule has 0 N–H and O–H groups in total. The van der Waals surface area contributed by atoms with Crippen molar-refractivity contribution in [2.45, 2.75) is 43.1 Å². The van der Waals surface area contributed by atoms with Gasteiger partial charge in [-0.05, 0) is 25.7 Å². The van der Waals surface area contributed by atoms with Gasteiger partial charge in [0, 0.05) is 28.0 Å². The first-order valence-electron chi connectivity index (χ1n) is 6.54. The molecule has 3 rings (SSSR count). The van der Waals surface area contributed by atoms with Gasteiger partial charge in [-0.3, -0.25) is 0 Å². The maximum absolute atomic E-state index is 6.35. The molecule has 2 heterocycles. The van der Waals surface area contributed by atoms with Crippen molar-refractivity contribution in [3.63, 3.8) is 0 Å². The highest BCUT2D eigenvalue weighted by molar-refractivity contribution is 8.06. The summed E-state index contributed by atoms with van der Waals surface area (Å²) in [6.07, 6.45) is 4.59. The predicted octanol–water partition coefficient (Wildman–Crippen LogP) is 3.92. The summed E-state index contributed by atoms with van der Waals surface area (Å²) in [5.41, 5.74) is 2.41. The number of fused-ring (bicyclic) bond motifs is 1. The minimum atomic E-state index is 0.411. The summed E-state index contributed by atoms with van der Waals surface area (Å²) in [6.45, 7) is 2.28. The average molecular weight is 301 g/mol. The molecule has 0 spiro atoms. The van der Waals surface area contributed by atoms with E-state index in [1.165, 1.54) is 35.6 Å². The van der Waals surface area contributed by atoms with E-state index in [2.05, 4.69) is 11.9 Å². The fourth-order valence-electron chi connectivity index (χ4n) is 2.61. The van der Waals surface area contributed by atoms with Crippen molar-refractivity contribution in [3.8, 4) is 0 Å². The number of hydrogen-bond acceptors (Lipinski definition) is 4. The van der Waals surface area contributed by atoms with E-state index in [0.29, 0.717) is 15.7 Å². The molecule has 1 aliphatic heterocycles. The molecule has 2 atom stereocenters. The summed E-state index contributed by atoms with van der Waals surface area (Å²) < 4.78 is 0. The number of halogens is 1. The van der Waals surface area contributed by atoms with Crippen LogP contribution in [0.15, 0.2) is 0 Å². The van der Waals surface area contributed by atoms with Crippen LogP contribution in [-0.4, -0.2) is 26.7 Å². The number of aryl methyl sites for hydroxylation is 1. The molecule has 5 heteroatoms. The number of aromatic nitrogens is 2. The Morgan fingerprint density at radius 1 is 1.11 bits per heavy atom. The van der Waals surface area contributed by atoms with Gasteiger partial charge in [0.1, 0.15) is 11.0 Å². The monoisotopic (exact) mass is 300 g/mol. The fraction of sp³-hybridized carbons (Fsp3) is 0.692. The van der Waals surface area contributed by atoms with Gasteiger partial charge in [-0.1, -0.05) is 18.5 Å². The molecule has 2 aliphatic rings. The lowest BCUT2D eigenvalue weighted by atomic mass is 9.97. The van der Waals surface area contributed by atoms with Crippen molar-refractivity contribution in [2.75, 3.05) is 11.5 Å². The van der Waals surface area contributed by atoms with E-state index in [-0.39, 0.29) is 0 Å². The molecule has 0 amide bonds. The molecule has 0 aromatic carbocycles. The van der Waals surface area contributed by atoms with Crippen molar-refractivity contribution < 1.29 is 0 Å². The van der Waals surface area contributed by atoms with Gasteiger partial charge in [-0.25, -0.2) is 9.97 Å². The van der Waals surface area contributed by atoms with E-state index < -0.39 is 0 Å². The smallest absolute Gasteiger partial charge is 0.144 e. The van der Waals surface area contributed by atoms with E-state index in [9.17, 15) is 0 Å². The maximum atomic E-state index is 6.35. The first-order valence-corrected chi connectivity index (χ1v) is 9.01. The third-order valence-electron chi connectivity index (χ3n) is 3.59. The van der Waals surface area contributed by atoms with E-state index in [1.807, 2.05) is 23.5 Å². The van der Waals surface area contributed by atoms with E-state index >= 15 is 0 Å². The van der Waals surface area contributed by atoms with Crippen LogP contribution >= 0.6 is 35.1 Å². The first kappa shape index (κ1) is 13.1. The molecule has 1 aromatic heterocycles. The normalized spacial score (nSPS) is 27.9. The van der Waals surface area contributed by atoms with Crippen LogP contribution in [0.1, 0.15) is 42.1 Å². The minimum Gasteiger partial charge on any atom is -0.236 e. The van der Waals surface area contributed by atoms with Gasteiger partial charge < -0.3 is 0 Å². The molecule has 1 saturated heterocycles. The van der Waals surface area contributed by atoms with Crippen LogP contribution in [-0.2, 0) is 12.8 Å². The standard InChI is InChI=1S/C13H17ClN2S2/c1-8-11(18-7-6-17-8)13-15-10-5-3-2-4-9(10)12(14)16-13/h8,11H,2-7H2,1H3. The number of rotatable bonds is 1. The van der Waals surface area contributed by atoms with Crippen LogP contribution in [0.2, 0.25) is 5.15 Å². The fourth-order valence-corrected chi connectivity index (χ4v) is 5.59. The van der Waals surface area contributed by atoms with Crippen LogP contribution in [0.5, 0.6) is 0 Å². The Bertz CT molecular complexity index is 453. The number of nitrogens with zero attached hydrogens (tertiary/aromatic N) is 2. The molecule has 98 valence electrons. The highest BCUT2D eigenvalue weighted by Gasteiger charge is 2.28. The van der Waals surface area contributed by atoms with Gasteiger partial charge in [-0.2, -0.15) is 11.8 Å². The molecule has 2 nitrogen and oxygen atoms in total. The lowest BCUT2D eigenvalue weighted by molar-refractivity contribution is 0.650. The zero-order chi connectivity index (χ0) is 12.5. The second-order valence-corrected chi connectivity index (χ2v) is 7.96. The third-order valence-corrected chi connectivity index (χ3v) is 6.99. The Hall–Kier alpha value is 0.0700. The molecule has 0 radical (unpaired) electrons.